The van der Waals surface area contributed by atoms with Crippen molar-refractivity contribution in [2.24, 2.45) is 5.92 Å². The zero-order valence-electron chi connectivity index (χ0n) is 10.4. The molecule has 1 N–H and O–H groups in total. The average Bonchev–Trinajstić information content (AvgIpc) is 2.34. The number of carbonyl (C=O) groups is 1. The van der Waals surface area contributed by atoms with Gasteiger partial charge in [-0.15, -0.1) is 0 Å². The Morgan fingerprint density at radius 3 is 2.39 bits per heavy atom. The predicted octanol–water partition coefficient (Wildman–Crippen LogP) is 4.67. The second-order valence-corrected chi connectivity index (χ2v) is 7.63. The molecule has 0 aliphatic carbocycles. The number of hydrogen-bond acceptors (Lipinski definition) is 1. The van der Waals surface area contributed by atoms with Crippen LogP contribution >= 0.6 is 67.8 Å². The van der Waals surface area contributed by atoms with Gasteiger partial charge in [-0.05, 0) is 85.8 Å². The van der Waals surface area contributed by atoms with Gasteiger partial charge in [-0.3, -0.25) is 4.79 Å². The van der Waals surface area contributed by atoms with Crippen LogP contribution in [-0.4, -0.2) is 12.5 Å². The van der Waals surface area contributed by atoms with Crippen LogP contribution in [0.4, 0.5) is 0 Å². The molecule has 0 aliphatic rings. The van der Waals surface area contributed by atoms with E-state index in [0.717, 1.165) is 35.7 Å². The molecule has 5 heteroatoms. The summed E-state index contributed by atoms with van der Waals surface area (Å²) in [7, 11) is 0. The highest BCUT2D eigenvalue weighted by Crippen LogP contribution is 2.22. The van der Waals surface area contributed by atoms with Gasteiger partial charge in [0.25, 0.3) is 5.91 Å². The second kappa shape index (κ2) is 8.23. The Hall–Kier alpha value is 0.880. The summed E-state index contributed by atoms with van der Waals surface area (Å²) in [4.78, 5) is 12.2. The molecule has 1 aromatic rings. The van der Waals surface area contributed by atoms with E-state index in [4.69, 9.17) is 0 Å². The lowest BCUT2D eigenvalue weighted by atomic mass is 10.0. The molecule has 100 valence electrons. The van der Waals surface area contributed by atoms with Crippen molar-refractivity contribution >= 4 is 73.7 Å². The van der Waals surface area contributed by atoms with Crippen molar-refractivity contribution in [1.82, 2.24) is 5.32 Å². The van der Waals surface area contributed by atoms with Gasteiger partial charge in [0.1, 0.15) is 0 Å². The van der Waals surface area contributed by atoms with Gasteiger partial charge in [0.2, 0.25) is 0 Å². The highest BCUT2D eigenvalue weighted by Gasteiger charge is 2.14. The fraction of sp³-hybridized carbons (Fsp3) is 0.462. The highest BCUT2D eigenvalue weighted by molar-refractivity contribution is 14.1. The minimum absolute atomic E-state index is 0.0442. The third kappa shape index (κ3) is 4.77. The van der Waals surface area contributed by atoms with E-state index in [9.17, 15) is 4.79 Å². The maximum atomic E-state index is 12.2. The first kappa shape index (κ1) is 16.9. The summed E-state index contributed by atoms with van der Waals surface area (Å²) in [5.74, 6) is 0.621. The van der Waals surface area contributed by atoms with Crippen LogP contribution < -0.4 is 5.32 Å². The number of carbonyl (C=O) groups excluding carboxylic acids is 1. The molecule has 0 radical (unpaired) electrons. The molecule has 0 saturated heterocycles. The Balaban J connectivity index is 2.78. The Morgan fingerprint density at radius 2 is 1.83 bits per heavy atom. The van der Waals surface area contributed by atoms with Gasteiger partial charge >= 0.3 is 0 Å². The molecule has 1 aromatic carbocycles. The first-order valence-electron chi connectivity index (χ1n) is 5.92. The first-order chi connectivity index (χ1) is 8.49. The average molecular weight is 583 g/mol. The van der Waals surface area contributed by atoms with Crippen LogP contribution in [-0.2, 0) is 0 Å². The molecule has 0 fully saturated rings. The number of amides is 1. The second-order valence-electron chi connectivity index (χ2n) is 4.14. The van der Waals surface area contributed by atoms with E-state index in [-0.39, 0.29) is 5.91 Å². The van der Waals surface area contributed by atoms with Crippen LogP contribution in [0, 0.1) is 16.6 Å². The minimum Gasteiger partial charge on any atom is -0.352 e. The summed E-state index contributed by atoms with van der Waals surface area (Å²) in [6, 6.07) is 4.04. The highest BCUT2D eigenvalue weighted by atomic mass is 127. The number of benzene rings is 1. The van der Waals surface area contributed by atoms with Gasteiger partial charge in [0, 0.05) is 17.3 Å². The van der Waals surface area contributed by atoms with Gasteiger partial charge in [-0.25, -0.2) is 0 Å². The van der Waals surface area contributed by atoms with Gasteiger partial charge in [-0.2, -0.15) is 0 Å². The van der Waals surface area contributed by atoms with Gasteiger partial charge in [0.05, 0.1) is 5.56 Å². The van der Waals surface area contributed by atoms with Crippen molar-refractivity contribution in [1.29, 1.82) is 0 Å². The molecule has 0 unspecified atom stereocenters. The van der Waals surface area contributed by atoms with Crippen LogP contribution in [0.15, 0.2) is 12.1 Å². The lowest BCUT2D eigenvalue weighted by Gasteiger charge is -2.14. The monoisotopic (exact) mass is 583 g/mol. The Kier molecular flexibility index (Phi) is 7.74. The lowest BCUT2D eigenvalue weighted by Crippen LogP contribution is -2.29. The standard InChI is InChI=1S/C13H16I3NO/c1-3-8(4-2)7-17-13(18)10-5-9(14)6-11(15)12(10)16/h5-6,8H,3-4,7H2,1-2H3,(H,17,18). The van der Waals surface area contributed by atoms with E-state index in [1.807, 2.05) is 6.07 Å². The van der Waals surface area contributed by atoms with Gasteiger partial charge < -0.3 is 5.32 Å². The molecule has 1 amide bonds. The summed E-state index contributed by atoms with van der Waals surface area (Å²) in [5.41, 5.74) is 0.790. The van der Waals surface area contributed by atoms with Crippen molar-refractivity contribution in [3.8, 4) is 0 Å². The Morgan fingerprint density at radius 1 is 1.22 bits per heavy atom. The summed E-state index contributed by atoms with van der Waals surface area (Å²) in [6.45, 7) is 5.10. The molecule has 0 heterocycles. The van der Waals surface area contributed by atoms with Gasteiger partial charge in [0.15, 0.2) is 0 Å². The van der Waals surface area contributed by atoms with E-state index in [0.29, 0.717) is 5.92 Å². The topological polar surface area (TPSA) is 29.1 Å². The molecule has 0 bridgehead atoms. The van der Waals surface area contributed by atoms with E-state index < -0.39 is 0 Å². The molecule has 0 aromatic heterocycles. The van der Waals surface area contributed by atoms with E-state index >= 15 is 0 Å². The normalized spacial score (nSPS) is 10.8. The van der Waals surface area contributed by atoms with E-state index in [2.05, 4.69) is 93.0 Å². The third-order valence-electron chi connectivity index (χ3n) is 2.94. The lowest BCUT2D eigenvalue weighted by molar-refractivity contribution is 0.0945. The Labute approximate surface area is 149 Å². The van der Waals surface area contributed by atoms with Crippen LogP contribution in [0.2, 0.25) is 0 Å². The SMILES string of the molecule is CCC(CC)CNC(=O)c1cc(I)cc(I)c1I. The molecular formula is C13H16I3NO. The fourth-order valence-electron chi connectivity index (χ4n) is 1.63. The summed E-state index contributed by atoms with van der Waals surface area (Å²) < 4.78 is 3.27. The smallest absolute Gasteiger partial charge is 0.252 e. The van der Waals surface area contributed by atoms with Crippen molar-refractivity contribution in [2.75, 3.05) is 6.54 Å². The summed E-state index contributed by atoms with van der Waals surface area (Å²) in [5, 5.41) is 3.05. The third-order valence-corrected chi connectivity index (χ3v) is 6.61. The van der Waals surface area contributed by atoms with Crippen LogP contribution in [0.5, 0.6) is 0 Å². The maximum absolute atomic E-state index is 12.2. The van der Waals surface area contributed by atoms with Crippen molar-refractivity contribution in [2.45, 2.75) is 26.7 Å². The van der Waals surface area contributed by atoms with Crippen LogP contribution in [0.3, 0.4) is 0 Å². The summed E-state index contributed by atoms with van der Waals surface area (Å²) in [6.07, 6.45) is 2.22. The number of hydrogen-bond donors (Lipinski definition) is 1. The van der Waals surface area contributed by atoms with Crippen LogP contribution in [0.1, 0.15) is 37.0 Å². The molecular weight excluding hydrogens is 567 g/mol. The van der Waals surface area contributed by atoms with Crippen molar-refractivity contribution < 1.29 is 4.79 Å². The quantitative estimate of drug-likeness (QED) is 0.397. The van der Waals surface area contributed by atoms with Crippen molar-refractivity contribution in [3.05, 3.63) is 28.4 Å². The molecule has 18 heavy (non-hydrogen) atoms. The van der Waals surface area contributed by atoms with E-state index in [1.165, 1.54) is 0 Å². The zero-order chi connectivity index (χ0) is 13.7. The predicted molar refractivity (Wildman–Crippen MR) is 101 cm³/mol. The molecule has 0 atom stereocenters. The number of rotatable bonds is 5. The Bertz CT molecular complexity index is 430. The van der Waals surface area contributed by atoms with Crippen molar-refractivity contribution in [3.63, 3.8) is 0 Å². The minimum atomic E-state index is 0.0442. The number of nitrogens with one attached hydrogen (secondary N) is 1. The molecule has 2 nitrogen and oxygen atoms in total. The van der Waals surface area contributed by atoms with E-state index in [1.54, 1.807) is 0 Å². The molecule has 0 spiro atoms. The maximum Gasteiger partial charge on any atom is 0.252 e. The zero-order valence-corrected chi connectivity index (χ0v) is 16.9. The first-order valence-corrected chi connectivity index (χ1v) is 9.15. The molecule has 0 saturated carbocycles. The summed E-state index contributed by atoms with van der Waals surface area (Å²) >= 11 is 6.76. The number of halogens is 3. The molecule has 1 rings (SSSR count). The van der Waals surface area contributed by atoms with Gasteiger partial charge in [-0.1, -0.05) is 26.7 Å². The van der Waals surface area contributed by atoms with Crippen LogP contribution in [0.25, 0.3) is 0 Å². The largest absolute Gasteiger partial charge is 0.352 e. The molecule has 0 aliphatic heterocycles. The fourth-order valence-corrected chi connectivity index (χ4v) is 4.03.